The molecule has 4 heteroatoms. The fourth-order valence-corrected chi connectivity index (χ4v) is 0.852. The van der Waals surface area contributed by atoms with Gasteiger partial charge in [0, 0.05) is 0 Å². The number of amides is 1. The maximum Gasteiger partial charge on any atom is 0.270 e. The summed E-state index contributed by atoms with van der Waals surface area (Å²) >= 11 is 0. The number of nitrogen functional groups attached to an aromatic ring is 1. The average Bonchev–Trinajstić information content (AvgIpc) is 2.18. The first-order valence-electron chi connectivity index (χ1n) is 4.12. The summed E-state index contributed by atoms with van der Waals surface area (Å²) < 4.78 is 0. The molecule has 0 spiro atoms. The molecule has 14 heavy (non-hydrogen) atoms. The Bertz CT molecular complexity index is 364. The Morgan fingerprint density at radius 3 is 2.93 bits per heavy atom. The second-order valence-electron chi connectivity index (χ2n) is 2.84. The van der Waals surface area contributed by atoms with Crippen molar-refractivity contribution in [3.05, 3.63) is 24.0 Å². The van der Waals surface area contributed by atoms with Gasteiger partial charge in [-0.25, -0.2) is 4.98 Å². The number of terminal acetylenes is 1. The van der Waals surface area contributed by atoms with Gasteiger partial charge in [0.1, 0.15) is 5.69 Å². The van der Waals surface area contributed by atoms with Crippen LogP contribution >= 0.6 is 0 Å². The Morgan fingerprint density at radius 1 is 1.71 bits per heavy atom. The summed E-state index contributed by atoms with van der Waals surface area (Å²) in [7, 11) is 0. The predicted molar refractivity (Wildman–Crippen MR) is 54.4 cm³/mol. The number of carbonyl (C=O) groups is 1. The van der Waals surface area contributed by atoms with Crippen molar-refractivity contribution in [2.75, 3.05) is 5.73 Å². The Morgan fingerprint density at radius 2 is 2.43 bits per heavy atom. The van der Waals surface area contributed by atoms with Gasteiger partial charge in [-0.3, -0.25) is 4.79 Å². The lowest BCUT2D eigenvalue weighted by molar-refractivity contribution is 0.0943. The van der Waals surface area contributed by atoms with Gasteiger partial charge < -0.3 is 11.1 Å². The van der Waals surface area contributed by atoms with Gasteiger partial charge in [0.15, 0.2) is 0 Å². The van der Waals surface area contributed by atoms with Crippen LogP contribution in [-0.4, -0.2) is 16.9 Å². The zero-order chi connectivity index (χ0) is 10.6. The lowest BCUT2D eigenvalue weighted by Gasteiger charge is -2.06. The maximum absolute atomic E-state index is 11.4. The zero-order valence-electron chi connectivity index (χ0n) is 7.82. The third kappa shape index (κ3) is 2.49. The van der Waals surface area contributed by atoms with E-state index in [9.17, 15) is 4.79 Å². The van der Waals surface area contributed by atoms with Crippen molar-refractivity contribution < 1.29 is 4.79 Å². The number of nitrogens with zero attached hydrogens (tertiary/aromatic N) is 1. The van der Waals surface area contributed by atoms with Gasteiger partial charge in [0.05, 0.1) is 17.9 Å². The van der Waals surface area contributed by atoms with Crippen LogP contribution in [0.5, 0.6) is 0 Å². The number of aromatic nitrogens is 1. The monoisotopic (exact) mass is 189 g/mol. The second kappa shape index (κ2) is 4.28. The standard InChI is InChI=1S/C10H11N3O/c1-3-7(2)13-10(14)9-5-4-8(11)6-12-9/h1,4-7H,11H2,2H3,(H,13,14). The fourth-order valence-electron chi connectivity index (χ4n) is 0.852. The van der Waals surface area contributed by atoms with E-state index in [1.807, 2.05) is 0 Å². The minimum absolute atomic E-state index is 0.296. The van der Waals surface area contributed by atoms with Crippen LogP contribution in [0.15, 0.2) is 18.3 Å². The van der Waals surface area contributed by atoms with Crippen molar-refractivity contribution in [1.29, 1.82) is 0 Å². The lowest BCUT2D eigenvalue weighted by atomic mass is 10.3. The molecule has 1 unspecified atom stereocenters. The van der Waals surface area contributed by atoms with E-state index in [1.54, 1.807) is 19.1 Å². The minimum atomic E-state index is -0.304. The Kier molecular flexibility index (Phi) is 3.08. The highest BCUT2D eigenvalue weighted by Gasteiger charge is 2.08. The van der Waals surface area contributed by atoms with Crippen LogP contribution in [0, 0.1) is 12.3 Å². The molecule has 1 heterocycles. The van der Waals surface area contributed by atoms with Crippen LogP contribution in [0.3, 0.4) is 0 Å². The topological polar surface area (TPSA) is 68.0 Å². The zero-order valence-corrected chi connectivity index (χ0v) is 7.82. The van der Waals surface area contributed by atoms with Crippen molar-refractivity contribution in [3.63, 3.8) is 0 Å². The van der Waals surface area contributed by atoms with Gasteiger partial charge in [-0.1, -0.05) is 5.92 Å². The molecule has 4 nitrogen and oxygen atoms in total. The van der Waals surface area contributed by atoms with E-state index in [0.717, 1.165) is 0 Å². The van der Waals surface area contributed by atoms with E-state index in [4.69, 9.17) is 12.2 Å². The summed E-state index contributed by atoms with van der Waals surface area (Å²) in [4.78, 5) is 15.3. The molecule has 1 atom stereocenters. The lowest BCUT2D eigenvalue weighted by Crippen LogP contribution is -2.31. The number of nitrogens with two attached hydrogens (primary N) is 1. The maximum atomic E-state index is 11.4. The van der Waals surface area contributed by atoms with Gasteiger partial charge >= 0.3 is 0 Å². The minimum Gasteiger partial charge on any atom is -0.397 e. The molecule has 0 bridgehead atoms. The number of pyridine rings is 1. The Balaban J connectivity index is 2.71. The van der Waals surface area contributed by atoms with Gasteiger partial charge in [-0.2, -0.15) is 0 Å². The highest BCUT2D eigenvalue weighted by Crippen LogP contribution is 2.00. The molecule has 0 aliphatic heterocycles. The largest absolute Gasteiger partial charge is 0.397 e. The van der Waals surface area contributed by atoms with Crippen LogP contribution in [0.1, 0.15) is 17.4 Å². The summed E-state index contributed by atoms with van der Waals surface area (Å²) in [5.41, 5.74) is 6.25. The first-order chi connectivity index (χ1) is 6.63. The van der Waals surface area contributed by atoms with E-state index in [2.05, 4.69) is 16.2 Å². The van der Waals surface area contributed by atoms with Gasteiger partial charge in [0.25, 0.3) is 5.91 Å². The molecule has 0 aliphatic carbocycles. The molecular weight excluding hydrogens is 178 g/mol. The van der Waals surface area contributed by atoms with Crippen LogP contribution < -0.4 is 11.1 Å². The smallest absolute Gasteiger partial charge is 0.270 e. The van der Waals surface area contributed by atoms with Crippen LogP contribution in [-0.2, 0) is 0 Å². The number of rotatable bonds is 2. The molecule has 0 aromatic carbocycles. The molecule has 0 fully saturated rings. The Labute approximate surface area is 82.5 Å². The molecule has 0 saturated heterocycles. The Hall–Kier alpha value is -2.02. The van der Waals surface area contributed by atoms with Crippen molar-refractivity contribution in [2.45, 2.75) is 13.0 Å². The number of carbonyl (C=O) groups excluding carboxylic acids is 1. The fraction of sp³-hybridized carbons (Fsp3) is 0.200. The highest BCUT2D eigenvalue weighted by atomic mass is 16.1. The molecule has 0 aliphatic rings. The van der Waals surface area contributed by atoms with Gasteiger partial charge in [-0.15, -0.1) is 6.42 Å². The summed E-state index contributed by atoms with van der Waals surface area (Å²) in [6, 6.07) is 2.86. The molecule has 72 valence electrons. The molecule has 0 radical (unpaired) electrons. The van der Waals surface area contributed by atoms with E-state index in [1.165, 1.54) is 6.20 Å². The van der Waals surface area contributed by atoms with Crippen LogP contribution in [0.2, 0.25) is 0 Å². The van der Waals surface area contributed by atoms with Gasteiger partial charge in [0.2, 0.25) is 0 Å². The molecular formula is C10H11N3O. The predicted octanol–water partition coefficient (Wildman–Crippen LogP) is 0.415. The van der Waals surface area contributed by atoms with Gasteiger partial charge in [-0.05, 0) is 19.1 Å². The van der Waals surface area contributed by atoms with E-state index in [-0.39, 0.29) is 11.9 Å². The second-order valence-corrected chi connectivity index (χ2v) is 2.84. The first-order valence-corrected chi connectivity index (χ1v) is 4.12. The SMILES string of the molecule is C#CC(C)NC(=O)c1ccc(N)cn1. The number of hydrogen-bond acceptors (Lipinski definition) is 3. The third-order valence-electron chi connectivity index (χ3n) is 1.62. The summed E-state index contributed by atoms with van der Waals surface area (Å²) in [5, 5.41) is 2.59. The van der Waals surface area contributed by atoms with E-state index < -0.39 is 0 Å². The van der Waals surface area contributed by atoms with Crippen molar-refractivity contribution in [1.82, 2.24) is 10.3 Å². The normalized spacial score (nSPS) is 11.4. The van der Waals surface area contributed by atoms with Crippen molar-refractivity contribution >= 4 is 11.6 Å². The molecule has 1 amide bonds. The van der Waals surface area contributed by atoms with Crippen molar-refractivity contribution in [2.24, 2.45) is 0 Å². The summed E-state index contributed by atoms with van der Waals surface area (Å²) in [5.74, 6) is 2.10. The molecule has 0 saturated carbocycles. The van der Waals surface area contributed by atoms with E-state index in [0.29, 0.717) is 11.4 Å². The molecule has 3 N–H and O–H groups in total. The number of anilines is 1. The molecule has 1 aromatic rings. The quantitative estimate of drug-likeness (QED) is 0.662. The summed E-state index contributed by atoms with van der Waals surface area (Å²) in [6.07, 6.45) is 6.54. The molecule has 1 rings (SSSR count). The highest BCUT2D eigenvalue weighted by molar-refractivity contribution is 5.92. The first kappa shape index (κ1) is 10.1. The third-order valence-corrected chi connectivity index (χ3v) is 1.62. The number of hydrogen-bond donors (Lipinski definition) is 2. The number of nitrogens with one attached hydrogen (secondary N) is 1. The van der Waals surface area contributed by atoms with Crippen LogP contribution in [0.25, 0.3) is 0 Å². The van der Waals surface area contributed by atoms with Crippen LogP contribution in [0.4, 0.5) is 5.69 Å². The summed E-state index contributed by atoms with van der Waals surface area (Å²) in [6.45, 7) is 1.72. The van der Waals surface area contributed by atoms with Crippen molar-refractivity contribution in [3.8, 4) is 12.3 Å². The average molecular weight is 189 g/mol. The van der Waals surface area contributed by atoms with E-state index >= 15 is 0 Å². The molecule has 1 aromatic heterocycles.